The average Bonchev–Trinajstić information content (AvgIpc) is 2.95. The molecule has 8 heteroatoms. The number of carbonyl (C=O) groups is 1. The number of halogens is 2. The van der Waals surface area contributed by atoms with Gasteiger partial charge in [-0.1, -0.05) is 34.2 Å². The molecule has 0 radical (unpaired) electrons. The third kappa shape index (κ3) is 3.96. The molecule has 1 N–H and O–H groups in total. The van der Waals surface area contributed by atoms with Gasteiger partial charge in [0.05, 0.1) is 0 Å². The van der Waals surface area contributed by atoms with Crippen LogP contribution in [-0.2, 0) is 11.2 Å². The van der Waals surface area contributed by atoms with E-state index in [1.807, 2.05) is 6.92 Å². The number of aryl methyl sites for hydroxylation is 1. The number of nitriles is 1. The standard InChI is InChI=1S/C14H10BrFN4OS/c1-2-12-19-20-14(22-12)18-13(21)9(7-17)5-8-6-10(15)3-4-11(8)16/h3-6H,2H2,1H3,(H,18,20,21). The normalized spacial score (nSPS) is 11.1. The lowest BCUT2D eigenvalue weighted by Crippen LogP contribution is -2.13. The molecule has 0 bridgehead atoms. The maximum atomic E-state index is 13.7. The van der Waals surface area contributed by atoms with Crippen molar-refractivity contribution in [2.45, 2.75) is 13.3 Å². The number of nitrogens with one attached hydrogen (secondary N) is 1. The minimum atomic E-state index is -0.652. The first kappa shape index (κ1) is 16.3. The summed E-state index contributed by atoms with van der Waals surface area (Å²) in [5, 5.41) is 20.3. The Kier molecular flexibility index (Phi) is 5.35. The molecule has 0 atom stereocenters. The molecule has 1 aromatic heterocycles. The quantitative estimate of drug-likeness (QED) is 0.649. The highest BCUT2D eigenvalue weighted by atomic mass is 79.9. The molecule has 22 heavy (non-hydrogen) atoms. The van der Waals surface area contributed by atoms with E-state index in [2.05, 4.69) is 31.4 Å². The molecule has 2 aromatic rings. The lowest BCUT2D eigenvalue weighted by Gasteiger charge is -2.01. The van der Waals surface area contributed by atoms with Gasteiger partial charge in [0, 0.05) is 10.0 Å². The van der Waals surface area contributed by atoms with Crippen LogP contribution in [0.1, 0.15) is 17.5 Å². The summed E-state index contributed by atoms with van der Waals surface area (Å²) in [7, 11) is 0. The van der Waals surface area contributed by atoms with E-state index in [4.69, 9.17) is 5.26 Å². The number of hydrogen-bond acceptors (Lipinski definition) is 5. The monoisotopic (exact) mass is 380 g/mol. The minimum Gasteiger partial charge on any atom is -0.296 e. The molecule has 1 amide bonds. The van der Waals surface area contributed by atoms with Crippen molar-refractivity contribution in [1.82, 2.24) is 10.2 Å². The first-order valence-corrected chi connectivity index (χ1v) is 7.85. The van der Waals surface area contributed by atoms with Crippen LogP contribution in [0.25, 0.3) is 6.08 Å². The second-order valence-corrected chi connectivity index (χ2v) is 6.12. The zero-order valence-corrected chi connectivity index (χ0v) is 13.8. The fourth-order valence-electron chi connectivity index (χ4n) is 1.54. The topological polar surface area (TPSA) is 78.7 Å². The predicted molar refractivity (Wildman–Crippen MR) is 85.6 cm³/mol. The molecule has 0 spiro atoms. The number of amides is 1. The van der Waals surface area contributed by atoms with E-state index in [1.165, 1.54) is 35.6 Å². The van der Waals surface area contributed by atoms with Crippen molar-refractivity contribution in [2.75, 3.05) is 5.32 Å². The SMILES string of the molecule is CCc1nnc(NC(=O)C(C#N)=Cc2cc(Br)ccc2F)s1. The maximum absolute atomic E-state index is 13.7. The Hall–Kier alpha value is -2.11. The van der Waals surface area contributed by atoms with Crippen LogP contribution in [0.5, 0.6) is 0 Å². The summed E-state index contributed by atoms with van der Waals surface area (Å²) in [6.07, 6.45) is 1.90. The van der Waals surface area contributed by atoms with Crippen molar-refractivity contribution < 1.29 is 9.18 Å². The summed E-state index contributed by atoms with van der Waals surface area (Å²) in [6, 6.07) is 6.03. The van der Waals surface area contributed by atoms with E-state index in [9.17, 15) is 9.18 Å². The summed E-state index contributed by atoms with van der Waals surface area (Å²) < 4.78 is 14.3. The van der Waals surface area contributed by atoms with Gasteiger partial charge in [-0.3, -0.25) is 10.1 Å². The Balaban J connectivity index is 2.23. The number of aromatic nitrogens is 2. The summed E-state index contributed by atoms with van der Waals surface area (Å²) in [6.45, 7) is 1.92. The molecule has 1 heterocycles. The van der Waals surface area contributed by atoms with E-state index in [-0.39, 0.29) is 11.1 Å². The fourth-order valence-corrected chi connectivity index (χ4v) is 2.59. The van der Waals surface area contributed by atoms with Gasteiger partial charge < -0.3 is 0 Å². The van der Waals surface area contributed by atoms with Crippen LogP contribution in [0.15, 0.2) is 28.2 Å². The number of hydrogen-bond donors (Lipinski definition) is 1. The molecule has 0 aliphatic carbocycles. The largest absolute Gasteiger partial charge is 0.296 e. The molecule has 0 saturated heterocycles. The van der Waals surface area contributed by atoms with Gasteiger partial charge in [0.2, 0.25) is 5.13 Å². The number of carbonyl (C=O) groups excluding carboxylic acids is 1. The zero-order chi connectivity index (χ0) is 16.1. The third-order valence-electron chi connectivity index (χ3n) is 2.61. The number of rotatable bonds is 4. The predicted octanol–water partition coefficient (Wildman–Crippen LogP) is 3.55. The molecule has 112 valence electrons. The molecular weight excluding hydrogens is 371 g/mol. The van der Waals surface area contributed by atoms with Crippen LogP contribution in [0.2, 0.25) is 0 Å². The smallest absolute Gasteiger partial charge is 0.268 e. The third-order valence-corrected chi connectivity index (χ3v) is 4.09. The number of nitrogens with zero attached hydrogens (tertiary/aromatic N) is 3. The molecule has 0 saturated carbocycles. The van der Waals surface area contributed by atoms with Crippen molar-refractivity contribution in [1.29, 1.82) is 5.26 Å². The van der Waals surface area contributed by atoms with Gasteiger partial charge in [0.15, 0.2) is 0 Å². The van der Waals surface area contributed by atoms with E-state index in [0.29, 0.717) is 16.0 Å². The Labute approximate surface area is 138 Å². The molecule has 0 aliphatic rings. The van der Waals surface area contributed by atoms with E-state index < -0.39 is 11.7 Å². The maximum Gasteiger partial charge on any atom is 0.268 e. The average molecular weight is 381 g/mol. The summed E-state index contributed by atoms with van der Waals surface area (Å²) in [5.41, 5.74) is -0.0714. The van der Waals surface area contributed by atoms with E-state index >= 15 is 0 Å². The van der Waals surface area contributed by atoms with Gasteiger partial charge in [-0.2, -0.15) is 5.26 Å². The first-order valence-electron chi connectivity index (χ1n) is 6.24. The van der Waals surface area contributed by atoms with Gasteiger partial charge in [-0.15, -0.1) is 10.2 Å². The highest BCUT2D eigenvalue weighted by Gasteiger charge is 2.13. The van der Waals surface area contributed by atoms with Crippen LogP contribution in [0.3, 0.4) is 0 Å². The summed E-state index contributed by atoms with van der Waals surface area (Å²) in [4.78, 5) is 12.0. The lowest BCUT2D eigenvalue weighted by molar-refractivity contribution is -0.112. The molecule has 5 nitrogen and oxygen atoms in total. The van der Waals surface area contributed by atoms with Gasteiger partial charge in [0.1, 0.15) is 22.5 Å². The minimum absolute atomic E-state index is 0.146. The Bertz CT molecular complexity index is 781. The Morgan fingerprint density at radius 2 is 2.32 bits per heavy atom. The molecule has 2 rings (SSSR count). The van der Waals surface area contributed by atoms with Crippen molar-refractivity contribution >= 4 is 44.4 Å². The van der Waals surface area contributed by atoms with Crippen molar-refractivity contribution in [3.63, 3.8) is 0 Å². The van der Waals surface area contributed by atoms with Crippen molar-refractivity contribution in [2.24, 2.45) is 0 Å². The van der Waals surface area contributed by atoms with Gasteiger partial charge in [-0.05, 0) is 30.7 Å². The second-order valence-electron chi connectivity index (χ2n) is 4.14. The number of benzene rings is 1. The molecule has 0 aliphatic heterocycles. The van der Waals surface area contributed by atoms with Crippen molar-refractivity contribution in [3.8, 4) is 6.07 Å². The van der Waals surface area contributed by atoms with Crippen LogP contribution >= 0.6 is 27.3 Å². The van der Waals surface area contributed by atoms with Crippen LogP contribution in [0.4, 0.5) is 9.52 Å². The molecule has 1 aromatic carbocycles. The second kappa shape index (κ2) is 7.24. The first-order chi connectivity index (χ1) is 10.5. The zero-order valence-electron chi connectivity index (χ0n) is 11.4. The highest BCUT2D eigenvalue weighted by Crippen LogP contribution is 2.20. The summed E-state index contributed by atoms with van der Waals surface area (Å²) in [5.74, 6) is -1.17. The summed E-state index contributed by atoms with van der Waals surface area (Å²) >= 11 is 4.44. The molecule has 0 fully saturated rings. The van der Waals surface area contributed by atoms with Gasteiger partial charge >= 0.3 is 0 Å². The van der Waals surface area contributed by atoms with Crippen LogP contribution < -0.4 is 5.32 Å². The Morgan fingerprint density at radius 1 is 1.55 bits per heavy atom. The van der Waals surface area contributed by atoms with Crippen LogP contribution in [0, 0.1) is 17.1 Å². The molecule has 0 unspecified atom stereocenters. The number of anilines is 1. The van der Waals surface area contributed by atoms with Crippen LogP contribution in [-0.4, -0.2) is 16.1 Å². The van der Waals surface area contributed by atoms with Gasteiger partial charge in [-0.25, -0.2) is 4.39 Å². The highest BCUT2D eigenvalue weighted by molar-refractivity contribution is 9.10. The van der Waals surface area contributed by atoms with E-state index in [1.54, 1.807) is 6.07 Å². The van der Waals surface area contributed by atoms with Gasteiger partial charge in [0.25, 0.3) is 5.91 Å². The van der Waals surface area contributed by atoms with E-state index in [0.717, 1.165) is 5.01 Å². The molecular formula is C14H10BrFN4OS. The Morgan fingerprint density at radius 3 is 2.95 bits per heavy atom. The van der Waals surface area contributed by atoms with Crippen molar-refractivity contribution in [3.05, 3.63) is 44.6 Å². The fraction of sp³-hybridized carbons (Fsp3) is 0.143. The lowest BCUT2D eigenvalue weighted by atomic mass is 10.1.